The first-order chi connectivity index (χ1) is 16.4. The molecule has 1 aromatic heterocycles. The molecule has 0 unspecified atom stereocenters. The summed E-state index contributed by atoms with van der Waals surface area (Å²) in [5.41, 5.74) is 0.524. The molecule has 6 nitrogen and oxygen atoms in total. The summed E-state index contributed by atoms with van der Waals surface area (Å²) >= 11 is 0. The van der Waals surface area contributed by atoms with Crippen LogP contribution >= 0.6 is 0 Å². The number of nitrogens with zero attached hydrogens (tertiary/aromatic N) is 4. The first-order valence-electron chi connectivity index (χ1n) is 14.2. The van der Waals surface area contributed by atoms with Crippen LogP contribution in [-0.2, 0) is 9.53 Å². The summed E-state index contributed by atoms with van der Waals surface area (Å²) in [6, 6.07) is 0.945. The molecule has 1 saturated heterocycles. The van der Waals surface area contributed by atoms with Gasteiger partial charge in [-0.2, -0.15) is 5.10 Å². The summed E-state index contributed by atoms with van der Waals surface area (Å²) in [4.78, 5) is 19.2. The maximum Gasteiger partial charge on any atom is 0.302 e. The zero-order valence-electron chi connectivity index (χ0n) is 21.5. The summed E-state index contributed by atoms with van der Waals surface area (Å²) in [6.45, 7) is 9.31. The summed E-state index contributed by atoms with van der Waals surface area (Å²) in [6.07, 6.45) is 18.1. The number of hydrogen-bond acceptors (Lipinski definition) is 5. The minimum Gasteiger partial charge on any atom is -0.460 e. The molecule has 0 bridgehead atoms. The highest BCUT2D eigenvalue weighted by atomic mass is 16.5. The average Bonchev–Trinajstić information content (AvgIpc) is 3.45. The minimum absolute atomic E-state index is 0.0393. The van der Waals surface area contributed by atoms with E-state index < -0.39 is 0 Å². The van der Waals surface area contributed by atoms with Gasteiger partial charge in [0.2, 0.25) is 0 Å². The Morgan fingerprint density at radius 2 is 1.76 bits per heavy atom. The second kappa shape index (κ2) is 8.60. The first kappa shape index (κ1) is 23.0. The van der Waals surface area contributed by atoms with E-state index in [0.29, 0.717) is 11.3 Å². The highest BCUT2D eigenvalue weighted by Gasteiger charge is 2.64. The van der Waals surface area contributed by atoms with Gasteiger partial charge < -0.3 is 9.64 Å². The molecule has 188 valence electrons. The van der Waals surface area contributed by atoms with Gasteiger partial charge >= 0.3 is 5.97 Å². The number of rotatable bonds is 3. The molecule has 9 atom stereocenters. The smallest absolute Gasteiger partial charge is 0.302 e. The Labute approximate surface area is 205 Å². The van der Waals surface area contributed by atoms with E-state index in [2.05, 4.69) is 28.8 Å². The number of piperidine rings is 1. The van der Waals surface area contributed by atoms with Gasteiger partial charge in [-0.15, -0.1) is 0 Å². The Morgan fingerprint density at radius 3 is 2.50 bits per heavy atom. The van der Waals surface area contributed by atoms with E-state index >= 15 is 0 Å². The van der Waals surface area contributed by atoms with Gasteiger partial charge in [-0.3, -0.25) is 4.79 Å². The van der Waals surface area contributed by atoms with Crippen LogP contribution in [0.15, 0.2) is 12.7 Å². The number of hydrogen-bond donors (Lipinski definition) is 0. The molecule has 0 amide bonds. The van der Waals surface area contributed by atoms with E-state index in [-0.39, 0.29) is 23.5 Å². The van der Waals surface area contributed by atoms with Crippen molar-refractivity contribution in [3.8, 4) is 0 Å². The Bertz CT molecular complexity index is 883. The Hall–Kier alpha value is -1.43. The number of carbonyl (C=O) groups is 1. The minimum atomic E-state index is -0.161. The highest BCUT2D eigenvalue weighted by molar-refractivity contribution is 5.66. The van der Waals surface area contributed by atoms with Gasteiger partial charge in [0.15, 0.2) is 0 Å². The van der Waals surface area contributed by atoms with Crippen LogP contribution in [0, 0.1) is 34.5 Å². The lowest BCUT2D eigenvalue weighted by molar-refractivity contribution is -0.164. The van der Waals surface area contributed by atoms with E-state index in [9.17, 15) is 4.79 Å². The first-order valence-corrected chi connectivity index (χ1v) is 14.2. The van der Waals surface area contributed by atoms with Crippen LogP contribution in [0.4, 0.5) is 0 Å². The summed E-state index contributed by atoms with van der Waals surface area (Å²) < 4.78 is 8.06. The van der Waals surface area contributed by atoms with Crippen LogP contribution < -0.4 is 0 Å². The molecule has 4 saturated carbocycles. The van der Waals surface area contributed by atoms with E-state index in [1.165, 1.54) is 77.3 Å². The van der Waals surface area contributed by atoms with Crippen molar-refractivity contribution in [1.29, 1.82) is 0 Å². The molecular formula is C28H44N4O2. The molecule has 4 aliphatic carbocycles. The molecule has 34 heavy (non-hydrogen) atoms. The van der Waals surface area contributed by atoms with Gasteiger partial charge in [-0.1, -0.05) is 20.3 Å². The second-order valence-electron chi connectivity index (χ2n) is 12.9. The number of fused-ring (bicyclic) bond motifs is 5. The Balaban J connectivity index is 1.24. The third kappa shape index (κ3) is 3.57. The topological polar surface area (TPSA) is 60.3 Å². The highest BCUT2D eigenvalue weighted by Crippen LogP contribution is 2.68. The molecule has 1 aliphatic heterocycles. The van der Waals surface area contributed by atoms with Crippen molar-refractivity contribution in [3.63, 3.8) is 0 Å². The lowest BCUT2D eigenvalue weighted by atomic mass is 9.45. The van der Waals surface area contributed by atoms with Crippen LogP contribution in [0.5, 0.6) is 0 Å². The van der Waals surface area contributed by atoms with Crippen molar-refractivity contribution >= 4 is 5.97 Å². The zero-order valence-corrected chi connectivity index (χ0v) is 21.5. The van der Waals surface area contributed by atoms with Crippen LogP contribution in [-0.4, -0.2) is 50.9 Å². The molecule has 5 aliphatic rings. The fraction of sp³-hybridized carbons (Fsp3) is 0.893. The predicted octanol–water partition coefficient (Wildman–Crippen LogP) is 5.26. The Morgan fingerprint density at radius 1 is 0.971 bits per heavy atom. The number of ether oxygens (including phenoxy) is 1. The van der Waals surface area contributed by atoms with Crippen molar-refractivity contribution in [3.05, 3.63) is 12.7 Å². The lowest BCUT2D eigenvalue weighted by Gasteiger charge is -2.61. The third-order valence-corrected chi connectivity index (χ3v) is 11.5. The van der Waals surface area contributed by atoms with Crippen molar-refractivity contribution in [2.45, 2.75) is 110 Å². The molecule has 6 heteroatoms. The van der Waals surface area contributed by atoms with Crippen molar-refractivity contribution in [1.82, 2.24) is 19.7 Å². The maximum absolute atomic E-state index is 12.1. The standard InChI is InChI=1S/C28H44N4O2/c1-19(33)34-26-25(32-18-29-17-30-32)16-24-22-8-7-20-15-21(31-13-5-4-6-14-31)9-11-27(20,2)23(22)10-12-28(24,26)3/h17-18,20-26H,4-16H2,1-3H3/t20-,21-,22+,23-,24-,25-,26-,27-,28-/m0/s1. The van der Waals surface area contributed by atoms with Crippen LogP contribution in [0.1, 0.15) is 97.4 Å². The van der Waals surface area contributed by atoms with Crippen molar-refractivity contribution < 1.29 is 9.53 Å². The second-order valence-corrected chi connectivity index (χ2v) is 12.9. The van der Waals surface area contributed by atoms with Gasteiger partial charge in [0.25, 0.3) is 0 Å². The fourth-order valence-electron chi connectivity index (χ4n) is 9.85. The molecule has 6 rings (SSSR count). The quantitative estimate of drug-likeness (QED) is 0.567. The molecule has 0 aromatic carbocycles. The summed E-state index contributed by atoms with van der Waals surface area (Å²) in [7, 11) is 0. The van der Waals surface area contributed by atoms with E-state index in [1.807, 2.05) is 11.0 Å². The molecule has 0 N–H and O–H groups in total. The Kier molecular flexibility index (Phi) is 5.82. The van der Waals surface area contributed by atoms with E-state index in [0.717, 1.165) is 30.2 Å². The fourth-order valence-corrected chi connectivity index (χ4v) is 9.85. The van der Waals surface area contributed by atoms with Crippen molar-refractivity contribution in [2.75, 3.05) is 13.1 Å². The normalized spacial score (nSPS) is 46.9. The van der Waals surface area contributed by atoms with Gasteiger partial charge in [0.1, 0.15) is 18.8 Å². The largest absolute Gasteiger partial charge is 0.460 e. The lowest BCUT2D eigenvalue weighted by Crippen LogP contribution is -2.56. The molecule has 1 aromatic rings. The average molecular weight is 469 g/mol. The number of likely N-dealkylation sites (tertiary alicyclic amines) is 1. The van der Waals surface area contributed by atoms with Gasteiger partial charge in [0, 0.05) is 18.4 Å². The van der Waals surface area contributed by atoms with E-state index in [4.69, 9.17) is 4.74 Å². The van der Waals surface area contributed by atoms with Gasteiger partial charge in [-0.25, -0.2) is 9.67 Å². The summed E-state index contributed by atoms with van der Waals surface area (Å²) in [5, 5.41) is 4.49. The number of esters is 1. The molecule has 0 spiro atoms. The van der Waals surface area contributed by atoms with Gasteiger partial charge in [0.05, 0.1) is 6.04 Å². The van der Waals surface area contributed by atoms with Crippen molar-refractivity contribution in [2.24, 2.45) is 34.5 Å². The number of carbonyl (C=O) groups excluding carboxylic acids is 1. The van der Waals surface area contributed by atoms with Gasteiger partial charge in [-0.05, 0) is 106 Å². The van der Waals surface area contributed by atoms with Crippen LogP contribution in [0.25, 0.3) is 0 Å². The monoisotopic (exact) mass is 468 g/mol. The number of aromatic nitrogens is 3. The SMILES string of the molecule is CC(=O)O[C@H]1[C@@H](n2cncn2)C[C@H]2[C@@H]3CC[C@H]4C[C@@H](N5CCCCC5)CC[C@]4(C)[C@H]3CC[C@@]21C. The van der Waals surface area contributed by atoms with Crippen LogP contribution in [0.3, 0.4) is 0 Å². The summed E-state index contributed by atoms with van der Waals surface area (Å²) in [5.74, 6) is 2.89. The molecule has 0 radical (unpaired) electrons. The predicted molar refractivity (Wildman–Crippen MR) is 131 cm³/mol. The molecular weight excluding hydrogens is 424 g/mol. The van der Waals surface area contributed by atoms with Crippen LogP contribution in [0.2, 0.25) is 0 Å². The maximum atomic E-state index is 12.1. The molecule has 5 fully saturated rings. The third-order valence-electron chi connectivity index (χ3n) is 11.5. The van der Waals surface area contributed by atoms with E-state index in [1.54, 1.807) is 13.3 Å². The zero-order chi connectivity index (χ0) is 23.5. The molecule has 2 heterocycles.